The Labute approximate surface area is 142 Å². The number of ether oxygens (including phenoxy) is 3. The molecule has 0 fully saturated rings. The lowest BCUT2D eigenvalue weighted by Crippen LogP contribution is -2.20. The van der Waals surface area contributed by atoms with Gasteiger partial charge in [0.2, 0.25) is 0 Å². The third kappa shape index (κ3) is 5.50. The standard InChI is InChI=1S/C19H23NO4/c1-3-13-23-15-9-11-16(12-10-15)24-14-19(21)20-17-7-5-6-8-18(17)22-4-2/h5-12H,3-4,13-14H2,1-2H3,(H,20,21). The number of carbonyl (C=O) groups is 1. The Hall–Kier alpha value is -2.69. The molecule has 0 aromatic heterocycles. The van der Waals surface area contributed by atoms with Gasteiger partial charge in [-0.25, -0.2) is 0 Å². The van der Waals surface area contributed by atoms with E-state index in [4.69, 9.17) is 14.2 Å². The van der Waals surface area contributed by atoms with E-state index in [-0.39, 0.29) is 12.5 Å². The highest BCUT2D eigenvalue weighted by Gasteiger charge is 2.08. The second-order valence-corrected chi connectivity index (χ2v) is 5.09. The van der Waals surface area contributed by atoms with E-state index >= 15 is 0 Å². The molecule has 2 aromatic carbocycles. The highest BCUT2D eigenvalue weighted by atomic mass is 16.5. The van der Waals surface area contributed by atoms with Crippen molar-refractivity contribution < 1.29 is 19.0 Å². The molecule has 0 radical (unpaired) electrons. The summed E-state index contributed by atoms with van der Waals surface area (Å²) in [5.41, 5.74) is 0.635. The molecule has 0 atom stereocenters. The van der Waals surface area contributed by atoms with Gasteiger partial charge in [0, 0.05) is 0 Å². The Kier molecular flexibility index (Phi) is 6.95. The quantitative estimate of drug-likeness (QED) is 0.758. The predicted molar refractivity (Wildman–Crippen MR) is 94.0 cm³/mol. The second kappa shape index (κ2) is 9.45. The number of para-hydroxylation sites is 2. The smallest absolute Gasteiger partial charge is 0.262 e. The summed E-state index contributed by atoms with van der Waals surface area (Å²) in [4.78, 5) is 12.0. The zero-order valence-electron chi connectivity index (χ0n) is 14.1. The van der Waals surface area contributed by atoms with Crippen molar-refractivity contribution in [2.75, 3.05) is 25.1 Å². The maximum atomic E-state index is 12.0. The molecular weight excluding hydrogens is 306 g/mol. The molecule has 0 spiro atoms. The van der Waals surface area contributed by atoms with E-state index in [0.29, 0.717) is 30.4 Å². The molecule has 0 heterocycles. The predicted octanol–water partition coefficient (Wildman–Crippen LogP) is 3.89. The molecule has 5 heteroatoms. The van der Waals surface area contributed by atoms with Crippen molar-refractivity contribution in [3.05, 3.63) is 48.5 Å². The van der Waals surface area contributed by atoms with E-state index in [2.05, 4.69) is 12.2 Å². The molecule has 2 rings (SSSR count). The normalized spacial score (nSPS) is 10.1. The zero-order valence-corrected chi connectivity index (χ0v) is 14.1. The SMILES string of the molecule is CCCOc1ccc(OCC(=O)Nc2ccccc2OCC)cc1. The van der Waals surface area contributed by atoms with Crippen molar-refractivity contribution in [3.8, 4) is 17.2 Å². The van der Waals surface area contributed by atoms with Crippen molar-refractivity contribution in [3.63, 3.8) is 0 Å². The van der Waals surface area contributed by atoms with E-state index < -0.39 is 0 Å². The zero-order chi connectivity index (χ0) is 17.2. The van der Waals surface area contributed by atoms with Crippen LogP contribution in [0.15, 0.2) is 48.5 Å². The fourth-order valence-corrected chi connectivity index (χ4v) is 2.04. The van der Waals surface area contributed by atoms with Gasteiger partial charge in [-0.15, -0.1) is 0 Å². The molecule has 0 saturated heterocycles. The minimum absolute atomic E-state index is 0.0738. The first-order valence-electron chi connectivity index (χ1n) is 8.10. The summed E-state index contributed by atoms with van der Waals surface area (Å²) in [5.74, 6) is 1.81. The van der Waals surface area contributed by atoms with E-state index in [1.165, 1.54) is 0 Å². The third-order valence-corrected chi connectivity index (χ3v) is 3.13. The average Bonchev–Trinajstić information content (AvgIpc) is 2.61. The number of anilines is 1. The first-order valence-corrected chi connectivity index (χ1v) is 8.10. The Balaban J connectivity index is 1.85. The van der Waals surface area contributed by atoms with Gasteiger partial charge in [0.25, 0.3) is 5.91 Å². The summed E-state index contributed by atoms with van der Waals surface area (Å²) in [6.45, 7) is 5.10. The topological polar surface area (TPSA) is 56.8 Å². The molecule has 0 aliphatic rings. The number of hydrogen-bond acceptors (Lipinski definition) is 4. The van der Waals surface area contributed by atoms with Crippen molar-refractivity contribution >= 4 is 11.6 Å². The van der Waals surface area contributed by atoms with Gasteiger partial charge in [0.15, 0.2) is 6.61 Å². The van der Waals surface area contributed by atoms with Crippen LogP contribution in [0.4, 0.5) is 5.69 Å². The van der Waals surface area contributed by atoms with Gasteiger partial charge in [-0.05, 0) is 49.7 Å². The summed E-state index contributed by atoms with van der Waals surface area (Å²) >= 11 is 0. The largest absolute Gasteiger partial charge is 0.494 e. The number of hydrogen-bond donors (Lipinski definition) is 1. The van der Waals surface area contributed by atoms with Gasteiger partial charge in [-0.1, -0.05) is 19.1 Å². The van der Waals surface area contributed by atoms with E-state index in [1.54, 1.807) is 18.2 Å². The third-order valence-electron chi connectivity index (χ3n) is 3.13. The number of rotatable bonds is 9. The van der Waals surface area contributed by atoms with Crippen LogP contribution in [0.1, 0.15) is 20.3 Å². The van der Waals surface area contributed by atoms with E-state index in [1.807, 2.05) is 37.3 Å². The van der Waals surface area contributed by atoms with Gasteiger partial charge >= 0.3 is 0 Å². The van der Waals surface area contributed by atoms with Crippen LogP contribution in [0.3, 0.4) is 0 Å². The monoisotopic (exact) mass is 329 g/mol. The molecule has 5 nitrogen and oxygen atoms in total. The van der Waals surface area contributed by atoms with Crippen molar-refractivity contribution in [2.45, 2.75) is 20.3 Å². The Morgan fingerprint density at radius 2 is 1.58 bits per heavy atom. The molecule has 128 valence electrons. The molecule has 1 N–H and O–H groups in total. The Bertz CT molecular complexity index is 640. The fourth-order valence-electron chi connectivity index (χ4n) is 2.04. The molecular formula is C19H23NO4. The molecule has 2 aromatic rings. The van der Waals surface area contributed by atoms with Crippen molar-refractivity contribution in [1.82, 2.24) is 0 Å². The van der Waals surface area contributed by atoms with Crippen LogP contribution in [0.2, 0.25) is 0 Å². The molecule has 0 aliphatic carbocycles. The molecule has 24 heavy (non-hydrogen) atoms. The lowest BCUT2D eigenvalue weighted by molar-refractivity contribution is -0.118. The van der Waals surface area contributed by atoms with Crippen molar-refractivity contribution in [2.24, 2.45) is 0 Å². The van der Waals surface area contributed by atoms with Crippen LogP contribution in [0.25, 0.3) is 0 Å². The number of amides is 1. The summed E-state index contributed by atoms with van der Waals surface area (Å²) in [5, 5.41) is 2.79. The highest BCUT2D eigenvalue weighted by molar-refractivity contribution is 5.93. The van der Waals surface area contributed by atoms with Gasteiger partial charge in [0.05, 0.1) is 18.9 Å². The minimum atomic E-state index is -0.242. The molecule has 0 bridgehead atoms. The second-order valence-electron chi connectivity index (χ2n) is 5.09. The van der Waals surface area contributed by atoms with Crippen molar-refractivity contribution in [1.29, 1.82) is 0 Å². The average molecular weight is 329 g/mol. The molecule has 1 amide bonds. The maximum Gasteiger partial charge on any atom is 0.262 e. The fraction of sp³-hybridized carbons (Fsp3) is 0.316. The van der Waals surface area contributed by atoms with Gasteiger partial charge in [-0.2, -0.15) is 0 Å². The lowest BCUT2D eigenvalue weighted by Gasteiger charge is -2.12. The minimum Gasteiger partial charge on any atom is -0.494 e. The van der Waals surface area contributed by atoms with Crippen LogP contribution in [0, 0.1) is 0 Å². The summed E-state index contributed by atoms with van der Waals surface area (Å²) in [7, 11) is 0. The Morgan fingerprint density at radius 1 is 0.917 bits per heavy atom. The first-order chi connectivity index (χ1) is 11.7. The van der Waals surface area contributed by atoms with Gasteiger partial charge in [0.1, 0.15) is 17.2 Å². The highest BCUT2D eigenvalue weighted by Crippen LogP contribution is 2.23. The molecule has 0 saturated carbocycles. The number of benzene rings is 2. The van der Waals surface area contributed by atoms with Gasteiger partial charge < -0.3 is 19.5 Å². The molecule has 0 aliphatic heterocycles. The maximum absolute atomic E-state index is 12.0. The lowest BCUT2D eigenvalue weighted by atomic mass is 10.3. The van der Waals surface area contributed by atoms with Crippen LogP contribution in [0.5, 0.6) is 17.2 Å². The van der Waals surface area contributed by atoms with Crippen LogP contribution in [-0.4, -0.2) is 25.7 Å². The summed E-state index contributed by atoms with van der Waals surface area (Å²) < 4.78 is 16.5. The number of carbonyl (C=O) groups excluding carboxylic acids is 1. The van der Waals surface area contributed by atoms with Crippen LogP contribution >= 0.6 is 0 Å². The number of nitrogens with one attached hydrogen (secondary N) is 1. The Morgan fingerprint density at radius 3 is 2.25 bits per heavy atom. The van der Waals surface area contributed by atoms with Crippen LogP contribution in [-0.2, 0) is 4.79 Å². The van der Waals surface area contributed by atoms with E-state index in [0.717, 1.165) is 12.2 Å². The van der Waals surface area contributed by atoms with E-state index in [9.17, 15) is 4.79 Å². The van der Waals surface area contributed by atoms with Crippen LogP contribution < -0.4 is 19.5 Å². The van der Waals surface area contributed by atoms with Gasteiger partial charge in [-0.3, -0.25) is 4.79 Å². The summed E-state index contributed by atoms with van der Waals surface area (Å²) in [6.07, 6.45) is 0.960. The summed E-state index contributed by atoms with van der Waals surface area (Å²) in [6, 6.07) is 14.5. The first kappa shape index (κ1) is 17.7. The molecule has 0 unspecified atom stereocenters.